The Balaban J connectivity index is 4.29. The molecule has 0 rings (SSSR count). The summed E-state index contributed by atoms with van der Waals surface area (Å²) >= 11 is 0. The minimum Gasteiger partial charge on any atom is -0.544 e. The Kier molecular flexibility index (Phi) is 47.4. The number of carbonyl (C=O) groups excluding carboxylic acids is 3. The molecule has 390 valence electrons. The molecule has 68 heavy (non-hydrogen) atoms. The highest BCUT2D eigenvalue weighted by atomic mass is 16.6. The van der Waals surface area contributed by atoms with Crippen LogP contribution in [-0.4, -0.2) is 75.5 Å². The highest BCUT2D eigenvalue weighted by molar-refractivity contribution is 5.70. The second kappa shape index (κ2) is 49.9. The van der Waals surface area contributed by atoms with Crippen LogP contribution in [0.2, 0.25) is 0 Å². The molecule has 0 N–H and O–H groups in total. The molecule has 8 heteroatoms. The van der Waals surface area contributed by atoms with Crippen LogP contribution in [0.4, 0.5) is 0 Å². The fourth-order valence-electron chi connectivity index (χ4n) is 7.78. The number of hydrogen-bond donors (Lipinski definition) is 0. The van der Waals surface area contributed by atoms with Gasteiger partial charge in [-0.3, -0.25) is 9.59 Å². The van der Waals surface area contributed by atoms with Crippen molar-refractivity contribution in [3.05, 3.63) is 85.1 Å². The highest BCUT2D eigenvalue weighted by Crippen LogP contribution is 2.15. The third-order valence-corrected chi connectivity index (χ3v) is 12.0. The van der Waals surface area contributed by atoms with E-state index in [-0.39, 0.29) is 49.1 Å². The Hall–Kier alpha value is -3.49. The third-order valence-electron chi connectivity index (χ3n) is 12.0. The van der Waals surface area contributed by atoms with Gasteiger partial charge in [-0.25, -0.2) is 0 Å². The molecule has 0 aromatic rings. The predicted octanol–water partition coefficient (Wildman–Crippen LogP) is 15.1. The predicted molar refractivity (Wildman–Crippen MR) is 286 cm³/mol. The average molecular weight is 950 g/mol. The largest absolute Gasteiger partial charge is 0.544 e. The van der Waals surface area contributed by atoms with Crippen molar-refractivity contribution >= 4 is 17.9 Å². The van der Waals surface area contributed by atoms with Gasteiger partial charge in [0, 0.05) is 19.3 Å². The lowest BCUT2D eigenvalue weighted by atomic mass is 10.0. The number of hydrogen-bond acceptors (Lipinski definition) is 7. The van der Waals surface area contributed by atoms with E-state index in [4.69, 9.17) is 14.2 Å². The highest BCUT2D eigenvalue weighted by Gasteiger charge is 2.25. The van der Waals surface area contributed by atoms with Gasteiger partial charge < -0.3 is 28.6 Å². The summed E-state index contributed by atoms with van der Waals surface area (Å²) in [5.41, 5.74) is 0. The Morgan fingerprint density at radius 3 is 1.26 bits per heavy atom. The Bertz CT molecular complexity index is 1380. The van der Waals surface area contributed by atoms with E-state index in [0.29, 0.717) is 12.8 Å². The summed E-state index contributed by atoms with van der Waals surface area (Å²) in [5, 5.41) is 11.7. The van der Waals surface area contributed by atoms with E-state index in [2.05, 4.69) is 98.9 Å². The number of quaternary nitrogens is 1. The molecule has 0 fully saturated rings. The van der Waals surface area contributed by atoms with Crippen LogP contribution in [0.15, 0.2) is 85.1 Å². The van der Waals surface area contributed by atoms with Gasteiger partial charge in [0.05, 0.1) is 40.3 Å². The maximum absolute atomic E-state index is 12.8. The number of carboxylic acid groups (broad SMARTS) is 1. The molecule has 0 saturated heterocycles. The SMILES string of the molecule is CC/C=C/C/C=C/C/C=C/C/C=C/C/C=C/C/C=C/CCCCC(=O)OC(COCCC(C(=O)[O-])[N+](C)(C)C)COC(=O)CCCCCCCCC/C=C/CCCCCCCCCCCCCC. The minimum atomic E-state index is -1.13. The molecular formula is C60H103NO7. The Labute approximate surface area is 418 Å². The zero-order valence-corrected chi connectivity index (χ0v) is 44.5. The van der Waals surface area contributed by atoms with Crippen molar-refractivity contribution in [2.24, 2.45) is 0 Å². The van der Waals surface area contributed by atoms with Gasteiger partial charge in [-0.2, -0.15) is 0 Å². The van der Waals surface area contributed by atoms with Crippen LogP contribution in [-0.2, 0) is 28.6 Å². The van der Waals surface area contributed by atoms with Crippen LogP contribution < -0.4 is 5.11 Å². The molecule has 0 aliphatic rings. The van der Waals surface area contributed by atoms with E-state index >= 15 is 0 Å². The molecule has 0 aliphatic carbocycles. The summed E-state index contributed by atoms with van der Waals surface area (Å²) < 4.78 is 17.2. The zero-order chi connectivity index (χ0) is 49.9. The van der Waals surface area contributed by atoms with Crippen molar-refractivity contribution in [3.63, 3.8) is 0 Å². The quantitative estimate of drug-likeness (QED) is 0.0259. The third kappa shape index (κ3) is 47.6. The first kappa shape index (κ1) is 64.5. The monoisotopic (exact) mass is 950 g/mol. The topological polar surface area (TPSA) is 102 Å². The summed E-state index contributed by atoms with van der Waals surface area (Å²) in [6, 6.07) is -0.740. The van der Waals surface area contributed by atoms with Crippen molar-refractivity contribution in [3.8, 4) is 0 Å². The molecule has 2 atom stereocenters. The number of allylic oxidation sites excluding steroid dienone is 14. The van der Waals surface area contributed by atoms with Gasteiger partial charge in [0.15, 0.2) is 6.10 Å². The van der Waals surface area contributed by atoms with Gasteiger partial charge in [-0.1, -0.05) is 202 Å². The zero-order valence-electron chi connectivity index (χ0n) is 44.5. The van der Waals surface area contributed by atoms with Crippen molar-refractivity contribution in [2.75, 3.05) is 41.0 Å². The van der Waals surface area contributed by atoms with E-state index < -0.39 is 18.1 Å². The normalized spacial score (nSPS) is 13.5. The Morgan fingerprint density at radius 1 is 0.456 bits per heavy atom. The fraction of sp³-hybridized carbons (Fsp3) is 0.717. The molecular weight excluding hydrogens is 847 g/mol. The van der Waals surface area contributed by atoms with Gasteiger partial charge in [-0.05, 0) is 89.9 Å². The maximum Gasteiger partial charge on any atom is 0.306 e. The van der Waals surface area contributed by atoms with Crippen molar-refractivity contribution in [2.45, 2.75) is 238 Å². The van der Waals surface area contributed by atoms with E-state index in [1.807, 2.05) is 0 Å². The van der Waals surface area contributed by atoms with Crippen molar-refractivity contribution in [1.29, 1.82) is 0 Å². The fourth-order valence-corrected chi connectivity index (χ4v) is 7.78. The van der Waals surface area contributed by atoms with Gasteiger partial charge in [0.2, 0.25) is 0 Å². The number of esters is 2. The van der Waals surface area contributed by atoms with Crippen molar-refractivity contribution in [1.82, 2.24) is 0 Å². The van der Waals surface area contributed by atoms with Crippen molar-refractivity contribution < 1.29 is 38.2 Å². The summed E-state index contributed by atoms with van der Waals surface area (Å²) in [6.07, 6.45) is 66.3. The molecule has 0 aliphatic heterocycles. The minimum absolute atomic E-state index is 0.0176. The molecule has 0 aromatic carbocycles. The van der Waals surface area contributed by atoms with Crippen LogP contribution in [0, 0.1) is 0 Å². The molecule has 0 saturated carbocycles. The standard InChI is InChI=1S/C60H103NO7/c1-6-8-10-12-14-16-18-20-22-24-26-28-29-31-32-34-36-38-40-42-44-46-48-50-58(62)67-55-56(54-66-53-52-57(60(64)65)61(3,4)5)68-59(63)51-49-47-45-43-41-39-37-35-33-30-27-25-23-21-19-17-15-13-11-9-7-2/h9,11,15,17,21,23,27,30-32,35,37,41,43,56-57H,6-8,10,12-14,16,18-20,22,24-26,28-29,33-34,36,38-40,42,44-55H2,1-5H3/b11-9+,17-15+,23-21+,30-27+,32-31+,37-35+,43-41+. The summed E-state index contributed by atoms with van der Waals surface area (Å²) in [7, 11) is 5.40. The van der Waals surface area contributed by atoms with E-state index in [0.717, 1.165) is 70.6 Å². The van der Waals surface area contributed by atoms with Crippen LogP contribution in [0.5, 0.6) is 0 Å². The number of carbonyl (C=O) groups is 3. The first-order valence-electron chi connectivity index (χ1n) is 27.6. The van der Waals surface area contributed by atoms with E-state index in [1.165, 1.54) is 116 Å². The number of likely N-dealkylation sites (N-methyl/N-ethyl adjacent to an activating group) is 1. The van der Waals surface area contributed by atoms with Gasteiger partial charge in [0.25, 0.3) is 0 Å². The summed E-state index contributed by atoms with van der Waals surface area (Å²) in [6.45, 7) is 4.51. The molecule has 0 aromatic heterocycles. The lowest BCUT2D eigenvalue weighted by molar-refractivity contribution is -0.889. The smallest absolute Gasteiger partial charge is 0.306 e. The molecule has 0 spiro atoms. The first-order valence-corrected chi connectivity index (χ1v) is 27.6. The van der Waals surface area contributed by atoms with Gasteiger partial charge >= 0.3 is 11.9 Å². The second-order valence-corrected chi connectivity index (χ2v) is 19.4. The van der Waals surface area contributed by atoms with Crippen LogP contribution in [0.25, 0.3) is 0 Å². The first-order chi connectivity index (χ1) is 33.1. The molecule has 0 amide bonds. The lowest BCUT2D eigenvalue weighted by Crippen LogP contribution is -2.55. The van der Waals surface area contributed by atoms with Crippen LogP contribution in [0.3, 0.4) is 0 Å². The van der Waals surface area contributed by atoms with Gasteiger partial charge in [0.1, 0.15) is 12.6 Å². The number of ether oxygens (including phenoxy) is 3. The number of aliphatic carboxylic acids is 1. The number of unbranched alkanes of at least 4 members (excludes halogenated alkanes) is 21. The maximum atomic E-state index is 12.8. The molecule has 2 unspecified atom stereocenters. The van der Waals surface area contributed by atoms with Crippen LogP contribution >= 0.6 is 0 Å². The molecule has 0 heterocycles. The summed E-state index contributed by atoms with van der Waals surface area (Å²) in [4.78, 5) is 37.1. The number of carboxylic acids is 1. The number of nitrogens with zero attached hydrogens (tertiary/aromatic N) is 1. The molecule has 0 bridgehead atoms. The average Bonchev–Trinajstić information content (AvgIpc) is 3.30. The lowest BCUT2D eigenvalue weighted by Gasteiger charge is -2.34. The summed E-state index contributed by atoms with van der Waals surface area (Å²) in [5.74, 6) is -1.80. The molecule has 8 nitrogen and oxygen atoms in total. The van der Waals surface area contributed by atoms with E-state index in [1.54, 1.807) is 21.1 Å². The molecule has 0 radical (unpaired) electrons. The van der Waals surface area contributed by atoms with E-state index in [9.17, 15) is 19.5 Å². The second-order valence-electron chi connectivity index (χ2n) is 19.4. The van der Waals surface area contributed by atoms with Crippen LogP contribution in [0.1, 0.15) is 226 Å². The Morgan fingerprint density at radius 2 is 0.824 bits per heavy atom. The number of rotatable bonds is 49. The van der Waals surface area contributed by atoms with Gasteiger partial charge in [-0.15, -0.1) is 0 Å².